The number of benzene rings is 1. The summed E-state index contributed by atoms with van der Waals surface area (Å²) in [4.78, 5) is 11.9. The first kappa shape index (κ1) is 18.1. The van der Waals surface area contributed by atoms with Crippen molar-refractivity contribution >= 4 is 29.9 Å². The van der Waals surface area contributed by atoms with Gasteiger partial charge in [0.05, 0.1) is 23.7 Å². The topological polar surface area (TPSA) is 61.4 Å². The second-order valence-electron chi connectivity index (χ2n) is 4.68. The fourth-order valence-electron chi connectivity index (χ4n) is 2.18. The number of aliphatic hydroxyl groups excluding tert-OH is 1. The minimum atomic E-state index is -1.07. The number of halogens is 4. The van der Waals surface area contributed by atoms with Crippen molar-refractivity contribution in [2.45, 2.75) is 24.7 Å². The summed E-state index contributed by atoms with van der Waals surface area (Å²) < 4.78 is 26.9. The number of carbonyl (C=O) groups excluding carboxylic acids is 1. The predicted molar refractivity (Wildman–Crippen MR) is 77.9 cm³/mol. The molecule has 2 rings (SSSR count). The van der Waals surface area contributed by atoms with Crippen molar-refractivity contribution in [2.75, 3.05) is 13.2 Å². The van der Waals surface area contributed by atoms with Gasteiger partial charge >= 0.3 is 0 Å². The molecule has 3 N–H and O–H groups in total. The van der Waals surface area contributed by atoms with Gasteiger partial charge < -0.3 is 15.7 Å². The summed E-state index contributed by atoms with van der Waals surface area (Å²) in [5, 5.41) is 14.5. The molecule has 3 atom stereocenters. The fraction of sp³-hybridized carbons (Fsp3) is 0.462. The molecule has 0 aliphatic carbocycles. The fourth-order valence-corrected chi connectivity index (χ4v) is 2.36. The Labute approximate surface area is 132 Å². The van der Waals surface area contributed by atoms with Gasteiger partial charge in [-0.15, -0.1) is 12.4 Å². The first-order chi connectivity index (χ1) is 9.52. The molecule has 0 saturated carbocycles. The van der Waals surface area contributed by atoms with Crippen LogP contribution < -0.4 is 10.6 Å². The lowest BCUT2D eigenvalue weighted by Gasteiger charge is -2.20. The molecular weight excluding hydrogens is 325 g/mol. The molecule has 1 fully saturated rings. The SMILES string of the molecule is Cl.O=C(N[C@@H](CO)c1cccc(Cl)c1F)C1CC(F)CN1. The summed E-state index contributed by atoms with van der Waals surface area (Å²) in [6, 6.07) is 2.76. The Kier molecular flexibility index (Phi) is 6.80. The third kappa shape index (κ3) is 4.26. The van der Waals surface area contributed by atoms with Crippen LogP contribution in [0, 0.1) is 5.82 Å². The number of nitrogens with one attached hydrogen (secondary N) is 2. The molecule has 0 radical (unpaired) electrons. The number of hydrogen-bond donors (Lipinski definition) is 3. The van der Waals surface area contributed by atoms with Gasteiger partial charge in [0.1, 0.15) is 12.0 Å². The summed E-state index contributed by atoms with van der Waals surface area (Å²) in [5.41, 5.74) is 0.100. The van der Waals surface area contributed by atoms with E-state index < -0.39 is 36.6 Å². The average Bonchev–Trinajstić information content (AvgIpc) is 2.86. The van der Waals surface area contributed by atoms with Gasteiger partial charge in [-0.05, 0) is 6.07 Å². The van der Waals surface area contributed by atoms with E-state index in [1.807, 2.05) is 0 Å². The number of amides is 1. The molecule has 1 aromatic carbocycles. The average molecular weight is 341 g/mol. The van der Waals surface area contributed by atoms with Crippen LogP contribution in [0.5, 0.6) is 0 Å². The van der Waals surface area contributed by atoms with E-state index in [-0.39, 0.29) is 36.0 Å². The third-order valence-corrected chi connectivity index (χ3v) is 3.54. The monoisotopic (exact) mass is 340 g/mol. The van der Waals surface area contributed by atoms with Crippen LogP contribution in [0.4, 0.5) is 8.78 Å². The van der Waals surface area contributed by atoms with Crippen molar-refractivity contribution in [3.63, 3.8) is 0 Å². The molecule has 0 aromatic heterocycles. The number of aliphatic hydroxyl groups is 1. The van der Waals surface area contributed by atoms with Crippen LogP contribution in [0.15, 0.2) is 18.2 Å². The maximum Gasteiger partial charge on any atom is 0.237 e. The Bertz CT molecular complexity index is 505. The second kappa shape index (κ2) is 7.89. The van der Waals surface area contributed by atoms with Crippen LogP contribution in [-0.2, 0) is 4.79 Å². The molecule has 1 amide bonds. The van der Waals surface area contributed by atoms with Crippen LogP contribution in [0.1, 0.15) is 18.0 Å². The molecule has 8 heteroatoms. The molecule has 21 heavy (non-hydrogen) atoms. The van der Waals surface area contributed by atoms with Gasteiger partial charge in [-0.25, -0.2) is 8.78 Å². The van der Waals surface area contributed by atoms with Crippen LogP contribution in [0.3, 0.4) is 0 Å². The van der Waals surface area contributed by atoms with Crippen molar-refractivity contribution < 1.29 is 18.7 Å². The highest BCUT2D eigenvalue weighted by Crippen LogP contribution is 2.23. The van der Waals surface area contributed by atoms with Gasteiger partial charge in [0, 0.05) is 18.5 Å². The maximum absolute atomic E-state index is 13.9. The van der Waals surface area contributed by atoms with Crippen molar-refractivity contribution in [3.05, 3.63) is 34.6 Å². The highest BCUT2D eigenvalue weighted by Gasteiger charge is 2.31. The summed E-state index contributed by atoms with van der Waals surface area (Å²) in [7, 11) is 0. The molecule has 4 nitrogen and oxygen atoms in total. The Balaban J connectivity index is 0.00000220. The summed E-state index contributed by atoms with van der Waals surface area (Å²) in [5.74, 6) is -1.15. The van der Waals surface area contributed by atoms with E-state index in [1.54, 1.807) is 0 Å². The largest absolute Gasteiger partial charge is 0.394 e. The molecule has 0 bridgehead atoms. The molecule has 1 aliphatic rings. The minimum absolute atomic E-state index is 0. The lowest BCUT2D eigenvalue weighted by Crippen LogP contribution is -2.43. The van der Waals surface area contributed by atoms with E-state index in [0.717, 1.165) is 0 Å². The lowest BCUT2D eigenvalue weighted by molar-refractivity contribution is -0.124. The smallest absolute Gasteiger partial charge is 0.237 e. The normalized spacial score (nSPS) is 22.5. The maximum atomic E-state index is 13.9. The number of rotatable bonds is 4. The first-order valence-corrected chi connectivity index (χ1v) is 6.63. The minimum Gasteiger partial charge on any atom is -0.394 e. The zero-order valence-electron chi connectivity index (χ0n) is 11.0. The van der Waals surface area contributed by atoms with Gasteiger partial charge in [0.15, 0.2) is 0 Å². The van der Waals surface area contributed by atoms with Crippen molar-refractivity contribution in [3.8, 4) is 0 Å². The van der Waals surface area contributed by atoms with E-state index in [0.29, 0.717) is 0 Å². The highest BCUT2D eigenvalue weighted by atomic mass is 35.5. The van der Waals surface area contributed by atoms with Crippen molar-refractivity contribution in [1.29, 1.82) is 0 Å². The third-order valence-electron chi connectivity index (χ3n) is 3.25. The molecule has 1 aromatic rings. The summed E-state index contributed by atoms with van der Waals surface area (Å²) in [6.07, 6.45) is -0.997. The zero-order chi connectivity index (χ0) is 14.7. The van der Waals surface area contributed by atoms with Gasteiger partial charge in [0.2, 0.25) is 5.91 Å². The van der Waals surface area contributed by atoms with Crippen LogP contribution >= 0.6 is 24.0 Å². The summed E-state index contributed by atoms with van der Waals surface area (Å²) in [6.45, 7) is -0.359. The standard InChI is InChI=1S/C13H15ClF2N2O2.ClH/c14-9-3-1-2-8(12(9)16)11(6-19)18-13(20)10-4-7(15)5-17-10;/h1-3,7,10-11,17,19H,4-6H2,(H,18,20);1H/t7?,10?,11-;/m0./s1. The predicted octanol–water partition coefficient (Wildman–Crippen LogP) is 1.75. The van der Waals surface area contributed by atoms with E-state index >= 15 is 0 Å². The van der Waals surface area contributed by atoms with Crippen molar-refractivity contribution in [2.24, 2.45) is 0 Å². The zero-order valence-corrected chi connectivity index (χ0v) is 12.6. The molecule has 0 spiro atoms. The van der Waals surface area contributed by atoms with E-state index in [1.165, 1.54) is 18.2 Å². The molecule has 2 unspecified atom stereocenters. The van der Waals surface area contributed by atoms with Crippen LogP contribution in [0.2, 0.25) is 5.02 Å². The van der Waals surface area contributed by atoms with Crippen LogP contribution in [0.25, 0.3) is 0 Å². The van der Waals surface area contributed by atoms with Crippen LogP contribution in [-0.4, -0.2) is 36.4 Å². The second-order valence-corrected chi connectivity index (χ2v) is 5.09. The number of carbonyl (C=O) groups is 1. The quantitative estimate of drug-likeness (QED) is 0.782. The molecule has 1 heterocycles. The Morgan fingerprint density at radius 3 is 2.86 bits per heavy atom. The lowest BCUT2D eigenvalue weighted by atomic mass is 10.1. The molecule has 1 saturated heterocycles. The first-order valence-electron chi connectivity index (χ1n) is 6.25. The van der Waals surface area contributed by atoms with E-state index in [9.17, 15) is 18.7 Å². The number of hydrogen-bond acceptors (Lipinski definition) is 3. The molecule has 1 aliphatic heterocycles. The van der Waals surface area contributed by atoms with Gasteiger partial charge in [-0.1, -0.05) is 23.7 Å². The Morgan fingerprint density at radius 2 is 2.29 bits per heavy atom. The van der Waals surface area contributed by atoms with E-state index in [2.05, 4.69) is 10.6 Å². The van der Waals surface area contributed by atoms with Gasteiger partial charge in [-0.3, -0.25) is 4.79 Å². The summed E-state index contributed by atoms with van der Waals surface area (Å²) >= 11 is 5.67. The Morgan fingerprint density at radius 1 is 1.57 bits per heavy atom. The number of alkyl halides is 1. The Hall–Kier alpha value is -0.950. The van der Waals surface area contributed by atoms with E-state index in [4.69, 9.17) is 11.6 Å². The van der Waals surface area contributed by atoms with Gasteiger partial charge in [0.25, 0.3) is 0 Å². The molecule has 118 valence electrons. The molecular formula is C13H16Cl2F2N2O2. The van der Waals surface area contributed by atoms with Gasteiger partial charge in [-0.2, -0.15) is 0 Å². The van der Waals surface area contributed by atoms with Crippen molar-refractivity contribution in [1.82, 2.24) is 10.6 Å². The highest BCUT2D eigenvalue weighted by molar-refractivity contribution is 6.30.